The van der Waals surface area contributed by atoms with E-state index < -0.39 is 7.60 Å². The molecule has 10 nitrogen and oxygen atoms in total. The van der Waals surface area contributed by atoms with E-state index >= 15 is 0 Å². The third-order valence-electron chi connectivity index (χ3n) is 3.11. The number of nitrogens with two attached hydrogens (primary N) is 1. The van der Waals surface area contributed by atoms with E-state index in [1.165, 1.54) is 7.11 Å². The Balaban J connectivity index is 2.00. The van der Waals surface area contributed by atoms with E-state index in [4.69, 9.17) is 24.3 Å². The number of anilines is 1. The Labute approximate surface area is 152 Å². The highest BCUT2D eigenvalue weighted by Gasteiger charge is 2.28. The topological polar surface area (TPSA) is 124 Å². The summed E-state index contributed by atoms with van der Waals surface area (Å²) in [6.45, 7) is 7.89. The van der Waals surface area contributed by atoms with Gasteiger partial charge >= 0.3 is 7.60 Å². The molecule has 0 saturated heterocycles. The average Bonchev–Trinajstić information content (AvgIpc) is 2.92. The fourth-order valence-electron chi connectivity index (χ4n) is 2.31. The molecule has 2 aromatic heterocycles. The largest absolute Gasteiger partial charge is 0.479 e. The quantitative estimate of drug-likeness (QED) is 0.483. The van der Waals surface area contributed by atoms with Crippen LogP contribution >= 0.6 is 7.60 Å². The monoisotopic (exact) mass is 387 g/mol. The molecule has 2 rings (SSSR count). The van der Waals surface area contributed by atoms with Crippen LogP contribution < -0.4 is 10.5 Å². The Bertz CT molecular complexity index is 765. The highest BCUT2D eigenvalue weighted by atomic mass is 31.2. The van der Waals surface area contributed by atoms with Crippen molar-refractivity contribution in [2.45, 2.75) is 46.4 Å². The van der Waals surface area contributed by atoms with Crippen LogP contribution in [-0.4, -0.2) is 51.8 Å². The maximum absolute atomic E-state index is 12.7. The van der Waals surface area contributed by atoms with Crippen LogP contribution in [0.4, 0.5) is 5.95 Å². The molecule has 26 heavy (non-hydrogen) atoms. The lowest BCUT2D eigenvalue weighted by atomic mass is 10.5. The Morgan fingerprint density at radius 1 is 1.19 bits per heavy atom. The minimum Gasteiger partial charge on any atom is -0.479 e. The number of aromatic nitrogens is 4. The second-order valence-electron chi connectivity index (χ2n) is 6.16. The first-order valence-electron chi connectivity index (χ1n) is 8.30. The molecule has 2 N–H and O–H groups in total. The van der Waals surface area contributed by atoms with Gasteiger partial charge in [-0.2, -0.15) is 9.97 Å². The van der Waals surface area contributed by atoms with E-state index in [1.54, 1.807) is 38.6 Å². The number of imidazole rings is 1. The zero-order valence-corrected chi connectivity index (χ0v) is 16.6. The molecule has 0 aliphatic carbocycles. The van der Waals surface area contributed by atoms with E-state index in [2.05, 4.69) is 15.0 Å². The lowest BCUT2D eigenvalue weighted by Gasteiger charge is -2.22. The summed E-state index contributed by atoms with van der Waals surface area (Å²) in [6.07, 6.45) is 1.01. The highest BCUT2D eigenvalue weighted by Crippen LogP contribution is 2.50. The number of nitrogens with zero attached hydrogens (tertiary/aromatic N) is 4. The van der Waals surface area contributed by atoms with Crippen molar-refractivity contribution in [1.82, 2.24) is 19.5 Å². The molecule has 0 aliphatic rings. The molecular weight excluding hydrogens is 361 g/mol. The fraction of sp³-hybridized carbons (Fsp3) is 0.667. The van der Waals surface area contributed by atoms with Crippen LogP contribution in [0.25, 0.3) is 11.2 Å². The maximum atomic E-state index is 12.7. The molecule has 0 saturated carbocycles. The summed E-state index contributed by atoms with van der Waals surface area (Å²) in [5.41, 5.74) is 6.74. The molecule has 2 heterocycles. The summed E-state index contributed by atoms with van der Waals surface area (Å²) in [4.78, 5) is 12.4. The zero-order valence-electron chi connectivity index (χ0n) is 15.7. The number of hydrogen-bond donors (Lipinski definition) is 1. The highest BCUT2D eigenvalue weighted by molar-refractivity contribution is 7.53. The van der Waals surface area contributed by atoms with Gasteiger partial charge in [-0.05, 0) is 27.7 Å². The number of ether oxygens (including phenoxy) is 2. The predicted molar refractivity (Wildman–Crippen MR) is 97.2 cm³/mol. The number of fused-ring (bicyclic) bond motifs is 1. The summed E-state index contributed by atoms with van der Waals surface area (Å²) >= 11 is 0. The van der Waals surface area contributed by atoms with Gasteiger partial charge in [-0.3, -0.25) is 4.57 Å². The second-order valence-corrected chi connectivity index (χ2v) is 8.06. The lowest BCUT2D eigenvalue weighted by molar-refractivity contribution is 0.0961. The van der Waals surface area contributed by atoms with Gasteiger partial charge in [0.05, 0.1) is 32.3 Å². The molecule has 0 spiro atoms. The van der Waals surface area contributed by atoms with Crippen LogP contribution in [0.1, 0.15) is 27.7 Å². The van der Waals surface area contributed by atoms with Gasteiger partial charge < -0.3 is 28.8 Å². The number of hydrogen-bond acceptors (Lipinski definition) is 9. The Hall–Kier alpha value is -1.74. The van der Waals surface area contributed by atoms with E-state index in [0.717, 1.165) is 0 Å². The van der Waals surface area contributed by atoms with Crippen LogP contribution in [0, 0.1) is 0 Å². The van der Waals surface area contributed by atoms with E-state index in [1.807, 2.05) is 0 Å². The lowest BCUT2D eigenvalue weighted by Crippen LogP contribution is -2.13. The second kappa shape index (κ2) is 8.77. The van der Waals surface area contributed by atoms with Crippen LogP contribution in [0.2, 0.25) is 0 Å². The molecule has 11 heteroatoms. The molecule has 0 aliphatic heterocycles. The van der Waals surface area contributed by atoms with Crippen molar-refractivity contribution < 1.29 is 23.1 Å². The standard InChI is InChI=1S/C15H26N5O5P/c1-10(2)24-26(21,25-11(3)4)9-23-7-6-20-8-17-12-13(20)18-15(16)19-14(12)22-5/h8,10-11H,6-7,9H2,1-5H3,(H2,16,18,19). The van der Waals surface area contributed by atoms with Gasteiger partial charge in [-0.25, -0.2) is 4.98 Å². The molecular formula is C15H26N5O5P. The number of nitrogen functional groups attached to an aromatic ring is 1. The van der Waals surface area contributed by atoms with Crippen molar-refractivity contribution in [2.24, 2.45) is 0 Å². The van der Waals surface area contributed by atoms with Crippen LogP contribution in [0.5, 0.6) is 5.88 Å². The maximum Gasteiger partial charge on any atom is 0.356 e. The van der Waals surface area contributed by atoms with Gasteiger partial charge in [0, 0.05) is 6.54 Å². The molecule has 0 unspecified atom stereocenters. The molecule has 0 radical (unpaired) electrons. The molecule has 146 valence electrons. The van der Waals surface area contributed by atoms with Crippen LogP contribution in [0.3, 0.4) is 0 Å². The smallest absolute Gasteiger partial charge is 0.356 e. The predicted octanol–water partition coefficient (Wildman–Crippen LogP) is 2.43. The summed E-state index contributed by atoms with van der Waals surface area (Å²) < 4.78 is 36.0. The first kappa shape index (κ1) is 20.6. The van der Waals surface area contributed by atoms with Gasteiger partial charge in [-0.1, -0.05) is 0 Å². The fourth-order valence-corrected chi connectivity index (χ4v) is 4.12. The third kappa shape index (κ3) is 5.38. The van der Waals surface area contributed by atoms with Crippen molar-refractivity contribution in [3.63, 3.8) is 0 Å². The molecule has 0 aromatic carbocycles. The van der Waals surface area contributed by atoms with Crippen molar-refractivity contribution in [1.29, 1.82) is 0 Å². The van der Waals surface area contributed by atoms with Crippen LogP contribution in [-0.2, 0) is 24.9 Å². The van der Waals surface area contributed by atoms with Crippen molar-refractivity contribution in [3.8, 4) is 5.88 Å². The molecule has 2 aromatic rings. The van der Waals surface area contributed by atoms with Gasteiger partial charge in [0.1, 0.15) is 6.35 Å². The van der Waals surface area contributed by atoms with Crippen molar-refractivity contribution >= 4 is 24.7 Å². The molecule has 0 atom stereocenters. The Kier molecular flexibility index (Phi) is 6.94. The van der Waals surface area contributed by atoms with Gasteiger partial charge in [0.2, 0.25) is 11.8 Å². The first-order chi connectivity index (χ1) is 12.2. The zero-order chi connectivity index (χ0) is 19.3. The molecule has 0 fully saturated rings. The summed E-state index contributed by atoms with van der Waals surface area (Å²) in [7, 11) is -1.83. The first-order valence-corrected chi connectivity index (χ1v) is 10.0. The Morgan fingerprint density at radius 3 is 2.42 bits per heavy atom. The SMILES string of the molecule is COc1nc(N)nc2c1ncn2CCOCP(=O)(OC(C)C)OC(C)C. The Morgan fingerprint density at radius 2 is 1.85 bits per heavy atom. The minimum absolute atomic E-state index is 0.0946. The van der Waals surface area contributed by atoms with E-state index in [9.17, 15) is 4.57 Å². The summed E-state index contributed by atoms with van der Waals surface area (Å²) in [6, 6.07) is 0. The summed E-state index contributed by atoms with van der Waals surface area (Å²) in [5, 5.41) is 0. The van der Waals surface area contributed by atoms with E-state index in [0.29, 0.717) is 23.6 Å². The normalized spacial score (nSPS) is 12.4. The van der Waals surface area contributed by atoms with E-state index in [-0.39, 0.29) is 31.1 Å². The molecule has 0 bridgehead atoms. The van der Waals surface area contributed by atoms with Crippen LogP contribution in [0.15, 0.2) is 6.33 Å². The average molecular weight is 387 g/mol. The van der Waals surface area contributed by atoms with Crippen molar-refractivity contribution in [3.05, 3.63) is 6.33 Å². The van der Waals surface area contributed by atoms with Crippen molar-refractivity contribution in [2.75, 3.05) is 25.8 Å². The van der Waals surface area contributed by atoms with Gasteiger partial charge in [0.15, 0.2) is 11.2 Å². The third-order valence-corrected chi connectivity index (χ3v) is 5.10. The van der Waals surface area contributed by atoms with Gasteiger partial charge in [0.25, 0.3) is 0 Å². The minimum atomic E-state index is -3.32. The number of methoxy groups -OCH3 is 1. The molecule has 0 amide bonds. The number of rotatable bonds is 10. The van der Waals surface area contributed by atoms with Gasteiger partial charge in [-0.15, -0.1) is 0 Å². The summed E-state index contributed by atoms with van der Waals surface area (Å²) in [5.74, 6) is 0.407.